The predicted octanol–water partition coefficient (Wildman–Crippen LogP) is -0.324. The molecule has 2 heterocycles. The van der Waals surface area contributed by atoms with Crippen molar-refractivity contribution in [2.24, 2.45) is 0 Å². The largest absolute Gasteiger partial charge is 0.481 e. The Labute approximate surface area is 100 Å². The first-order valence-corrected chi connectivity index (χ1v) is 7.15. The molecule has 0 bridgehead atoms. The van der Waals surface area contributed by atoms with Crippen molar-refractivity contribution in [3.8, 4) is 5.88 Å². The molecule has 94 valence electrons. The first kappa shape index (κ1) is 12.3. The van der Waals surface area contributed by atoms with Gasteiger partial charge in [-0.05, 0) is 7.05 Å². The van der Waals surface area contributed by atoms with Gasteiger partial charge in [-0.2, -0.15) is 4.98 Å². The number of nitrogens with one attached hydrogen (secondary N) is 1. The van der Waals surface area contributed by atoms with Gasteiger partial charge >= 0.3 is 0 Å². The van der Waals surface area contributed by atoms with Crippen molar-refractivity contribution < 1.29 is 13.2 Å². The molecular formula is C10H15N3O3S. The maximum absolute atomic E-state index is 11.5. The predicted molar refractivity (Wildman–Crippen MR) is 62.5 cm³/mol. The lowest BCUT2D eigenvalue weighted by molar-refractivity contribution is 0.390. The monoisotopic (exact) mass is 257 g/mol. The number of aromatic nitrogens is 2. The van der Waals surface area contributed by atoms with Crippen LogP contribution in [0, 0.1) is 0 Å². The van der Waals surface area contributed by atoms with E-state index in [0.717, 1.165) is 6.54 Å². The number of hydrogen-bond acceptors (Lipinski definition) is 6. The average Bonchev–Trinajstić information content (AvgIpc) is 2.59. The first-order chi connectivity index (χ1) is 8.05. The molecule has 0 aliphatic carbocycles. The Hall–Kier alpha value is -1.21. The van der Waals surface area contributed by atoms with Crippen LogP contribution in [0.5, 0.6) is 5.88 Å². The summed E-state index contributed by atoms with van der Waals surface area (Å²) in [5.41, 5.74) is 1.20. The number of fused-ring (bicyclic) bond motifs is 1. The van der Waals surface area contributed by atoms with Crippen LogP contribution >= 0.6 is 0 Å². The molecule has 0 saturated carbocycles. The van der Waals surface area contributed by atoms with Crippen molar-refractivity contribution >= 4 is 9.84 Å². The summed E-state index contributed by atoms with van der Waals surface area (Å²) < 4.78 is 28.2. The fourth-order valence-corrected chi connectivity index (χ4v) is 3.30. The van der Waals surface area contributed by atoms with Crippen LogP contribution in [0.15, 0.2) is 0 Å². The molecule has 17 heavy (non-hydrogen) atoms. The molecule has 0 spiro atoms. The second-order valence-corrected chi connectivity index (χ2v) is 6.02. The van der Waals surface area contributed by atoms with Gasteiger partial charge in [0.1, 0.15) is 5.82 Å². The van der Waals surface area contributed by atoms with E-state index < -0.39 is 9.84 Å². The van der Waals surface area contributed by atoms with E-state index in [9.17, 15) is 8.42 Å². The van der Waals surface area contributed by atoms with Gasteiger partial charge in [0.2, 0.25) is 5.88 Å². The molecule has 1 aromatic heterocycles. The van der Waals surface area contributed by atoms with Crippen LogP contribution in [0.25, 0.3) is 0 Å². The third-order valence-corrected chi connectivity index (χ3v) is 4.06. The van der Waals surface area contributed by atoms with E-state index in [-0.39, 0.29) is 11.5 Å². The van der Waals surface area contributed by atoms with Crippen LogP contribution in [0.1, 0.15) is 17.1 Å². The normalized spacial score (nSPS) is 16.8. The number of likely N-dealkylation sites (N-methyl/N-ethyl adjacent to an activating group) is 1. The third kappa shape index (κ3) is 2.55. The van der Waals surface area contributed by atoms with Crippen LogP contribution in [-0.2, 0) is 27.8 Å². The van der Waals surface area contributed by atoms with E-state index >= 15 is 0 Å². The van der Waals surface area contributed by atoms with Gasteiger partial charge in [0.25, 0.3) is 0 Å². The summed E-state index contributed by atoms with van der Waals surface area (Å²) in [6.45, 7) is 0.745. The molecule has 1 aliphatic rings. The topological polar surface area (TPSA) is 81.2 Å². The smallest absolute Gasteiger partial charge is 0.220 e. The van der Waals surface area contributed by atoms with E-state index in [0.29, 0.717) is 29.4 Å². The Morgan fingerprint density at radius 2 is 2.12 bits per heavy atom. The Bertz CT molecular complexity index is 528. The van der Waals surface area contributed by atoms with Crippen molar-refractivity contribution in [1.29, 1.82) is 0 Å². The first-order valence-electron chi connectivity index (χ1n) is 5.33. The number of methoxy groups -OCH3 is 1. The molecule has 0 fully saturated rings. The quantitative estimate of drug-likeness (QED) is 0.796. The Morgan fingerprint density at radius 1 is 1.35 bits per heavy atom. The molecule has 0 amide bonds. The minimum absolute atomic E-state index is 0.00618. The van der Waals surface area contributed by atoms with Gasteiger partial charge in [0, 0.05) is 13.0 Å². The number of rotatable bonds is 4. The van der Waals surface area contributed by atoms with Crippen LogP contribution in [-0.4, -0.2) is 39.1 Å². The van der Waals surface area contributed by atoms with Gasteiger partial charge in [-0.1, -0.05) is 0 Å². The minimum Gasteiger partial charge on any atom is -0.481 e. The molecule has 0 saturated heterocycles. The molecule has 1 aliphatic heterocycles. The zero-order chi connectivity index (χ0) is 12.5. The van der Waals surface area contributed by atoms with E-state index in [4.69, 9.17) is 4.74 Å². The fourth-order valence-electron chi connectivity index (χ4n) is 1.82. The molecule has 6 nitrogen and oxygen atoms in total. The highest BCUT2D eigenvalue weighted by atomic mass is 32.2. The van der Waals surface area contributed by atoms with Crippen molar-refractivity contribution in [2.45, 2.75) is 17.9 Å². The van der Waals surface area contributed by atoms with E-state index in [2.05, 4.69) is 15.3 Å². The standard InChI is InChI=1S/C10H15N3O3S/c1-11-4-3-9-12-8-6-17(14,15)5-7(8)10(13-9)16-2/h11H,3-6H2,1-2H3. The number of ether oxygens (including phenoxy) is 1. The summed E-state index contributed by atoms with van der Waals surface area (Å²) in [7, 11) is 0.264. The molecule has 1 N–H and O–H groups in total. The van der Waals surface area contributed by atoms with E-state index in [1.807, 2.05) is 7.05 Å². The molecule has 0 aromatic carbocycles. The maximum atomic E-state index is 11.5. The molecule has 2 rings (SSSR count). The van der Waals surface area contributed by atoms with Gasteiger partial charge in [-0.25, -0.2) is 13.4 Å². The number of hydrogen-bond donors (Lipinski definition) is 1. The van der Waals surface area contributed by atoms with Crippen molar-refractivity contribution in [1.82, 2.24) is 15.3 Å². The van der Waals surface area contributed by atoms with Crippen molar-refractivity contribution in [2.75, 3.05) is 20.7 Å². The lowest BCUT2D eigenvalue weighted by atomic mass is 10.2. The van der Waals surface area contributed by atoms with Crippen LogP contribution < -0.4 is 10.1 Å². The second-order valence-electron chi connectivity index (χ2n) is 3.96. The van der Waals surface area contributed by atoms with Gasteiger partial charge in [0.05, 0.1) is 29.9 Å². The zero-order valence-corrected chi connectivity index (χ0v) is 10.7. The molecular weight excluding hydrogens is 242 g/mol. The van der Waals surface area contributed by atoms with Crippen molar-refractivity contribution in [3.05, 3.63) is 17.1 Å². The van der Waals surface area contributed by atoms with Gasteiger partial charge < -0.3 is 10.1 Å². The summed E-state index contributed by atoms with van der Waals surface area (Å²) in [6.07, 6.45) is 0.653. The SMILES string of the molecule is CNCCc1nc2c(c(OC)n1)CS(=O)(=O)C2. The third-order valence-electron chi connectivity index (χ3n) is 2.61. The summed E-state index contributed by atoms with van der Waals surface area (Å²) in [5.74, 6) is 0.986. The average molecular weight is 257 g/mol. The summed E-state index contributed by atoms with van der Waals surface area (Å²) in [4.78, 5) is 8.51. The summed E-state index contributed by atoms with van der Waals surface area (Å²) >= 11 is 0. The highest BCUT2D eigenvalue weighted by Crippen LogP contribution is 2.29. The van der Waals surface area contributed by atoms with Crippen LogP contribution in [0.4, 0.5) is 0 Å². The van der Waals surface area contributed by atoms with Crippen molar-refractivity contribution in [3.63, 3.8) is 0 Å². The molecule has 7 heteroatoms. The Balaban J connectivity index is 2.38. The van der Waals surface area contributed by atoms with Gasteiger partial charge in [-0.3, -0.25) is 0 Å². The van der Waals surface area contributed by atoms with Crippen LogP contribution in [0.3, 0.4) is 0 Å². The van der Waals surface area contributed by atoms with Gasteiger partial charge in [-0.15, -0.1) is 0 Å². The second kappa shape index (κ2) is 4.58. The fraction of sp³-hybridized carbons (Fsp3) is 0.600. The zero-order valence-electron chi connectivity index (χ0n) is 9.86. The molecule has 1 aromatic rings. The summed E-state index contributed by atoms with van der Waals surface area (Å²) in [6, 6.07) is 0. The highest BCUT2D eigenvalue weighted by molar-refractivity contribution is 7.90. The summed E-state index contributed by atoms with van der Waals surface area (Å²) in [5, 5.41) is 3.00. The lowest BCUT2D eigenvalue weighted by Gasteiger charge is -2.07. The van der Waals surface area contributed by atoms with E-state index in [1.165, 1.54) is 7.11 Å². The molecule has 0 unspecified atom stereocenters. The molecule has 0 atom stereocenters. The Morgan fingerprint density at radius 3 is 2.76 bits per heavy atom. The van der Waals surface area contributed by atoms with Crippen LogP contribution in [0.2, 0.25) is 0 Å². The number of sulfone groups is 1. The minimum atomic E-state index is -3.07. The van der Waals surface area contributed by atoms with E-state index in [1.54, 1.807) is 0 Å². The Kier molecular flexibility index (Phi) is 3.30. The lowest BCUT2D eigenvalue weighted by Crippen LogP contribution is -2.13. The maximum Gasteiger partial charge on any atom is 0.220 e. The van der Waals surface area contributed by atoms with Gasteiger partial charge in [0.15, 0.2) is 9.84 Å². The highest BCUT2D eigenvalue weighted by Gasteiger charge is 2.30. The molecule has 0 radical (unpaired) electrons. The number of nitrogens with zero attached hydrogens (tertiary/aromatic N) is 2.